The maximum atomic E-state index is 11.2. The zero-order chi connectivity index (χ0) is 11.7. The quantitative estimate of drug-likeness (QED) is 0.565. The highest BCUT2D eigenvalue weighted by Crippen LogP contribution is 2.07. The average Bonchev–Trinajstić information content (AvgIpc) is 2.22. The molecule has 0 bridgehead atoms. The van der Waals surface area contributed by atoms with E-state index in [0.29, 0.717) is 13.1 Å². The predicted octanol–water partition coefficient (Wildman–Crippen LogP) is 0.0786. The summed E-state index contributed by atoms with van der Waals surface area (Å²) in [5.74, 6) is -0.0817. The van der Waals surface area contributed by atoms with Crippen LogP contribution in [0.15, 0.2) is 12.7 Å². The van der Waals surface area contributed by atoms with E-state index < -0.39 is 6.03 Å². The molecule has 0 aromatic heterocycles. The first-order valence-corrected chi connectivity index (χ1v) is 5.65. The number of hydrogen-bond donors (Lipinski definition) is 3. The van der Waals surface area contributed by atoms with E-state index in [9.17, 15) is 9.59 Å². The van der Waals surface area contributed by atoms with Crippen molar-refractivity contribution < 1.29 is 9.59 Å². The molecule has 15 heavy (non-hydrogen) atoms. The fraction of sp³-hybridized carbons (Fsp3) is 0.556. The van der Waals surface area contributed by atoms with Gasteiger partial charge in [0.2, 0.25) is 5.91 Å². The van der Waals surface area contributed by atoms with E-state index in [4.69, 9.17) is 5.73 Å². The first kappa shape index (κ1) is 14.0. The number of nitrogens with one attached hydrogen (secondary N) is 2. The van der Waals surface area contributed by atoms with Crippen molar-refractivity contribution in [3.05, 3.63) is 12.7 Å². The number of amides is 3. The van der Waals surface area contributed by atoms with Crippen molar-refractivity contribution in [2.45, 2.75) is 12.2 Å². The Morgan fingerprint density at radius 2 is 2.27 bits per heavy atom. The summed E-state index contributed by atoms with van der Waals surface area (Å²) in [5, 5.41) is 4.85. The van der Waals surface area contributed by atoms with Gasteiger partial charge in [0.05, 0.1) is 5.75 Å². The molecule has 0 radical (unpaired) electrons. The molecule has 0 aliphatic carbocycles. The Labute approximate surface area is 93.9 Å². The second-order valence-electron chi connectivity index (χ2n) is 2.90. The van der Waals surface area contributed by atoms with Gasteiger partial charge in [-0.25, -0.2) is 4.79 Å². The highest BCUT2D eigenvalue weighted by Gasteiger charge is 2.08. The van der Waals surface area contributed by atoms with Crippen LogP contribution in [0.3, 0.4) is 0 Å². The van der Waals surface area contributed by atoms with E-state index in [-0.39, 0.29) is 16.9 Å². The predicted molar refractivity (Wildman–Crippen MR) is 62.7 cm³/mol. The molecule has 0 heterocycles. The fourth-order valence-corrected chi connectivity index (χ4v) is 1.30. The van der Waals surface area contributed by atoms with E-state index in [1.807, 2.05) is 6.92 Å². The molecule has 0 rings (SSSR count). The van der Waals surface area contributed by atoms with Crippen LogP contribution < -0.4 is 16.4 Å². The van der Waals surface area contributed by atoms with Crippen molar-refractivity contribution >= 4 is 23.7 Å². The molecule has 6 heteroatoms. The summed E-state index contributed by atoms with van der Waals surface area (Å²) in [6, 6.07) is -0.499. The molecule has 5 nitrogen and oxygen atoms in total. The first-order valence-electron chi connectivity index (χ1n) is 4.60. The van der Waals surface area contributed by atoms with Crippen molar-refractivity contribution in [3.8, 4) is 0 Å². The van der Waals surface area contributed by atoms with Crippen LogP contribution in [0.2, 0.25) is 0 Å². The first-order chi connectivity index (χ1) is 7.10. The Hall–Kier alpha value is -1.01. The zero-order valence-corrected chi connectivity index (χ0v) is 9.60. The highest BCUT2D eigenvalue weighted by atomic mass is 32.2. The lowest BCUT2D eigenvalue weighted by Gasteiger charge is -2.08. The van der Waals surface area contributed by atoms with E-state index in [2.05, 4.69) is 17.2 Å². The Balaban J connectivity index is 3.64. The largest absolute Gasteiger partial charge is 0.334 e. The lowest BCUT2D eigenvalue weighted by molar-refractivity contribution is -0.117. The second kappa shape index (κ2) is 8.31. The van der Waals surface area contributed by atoms with Gasteiger partial charge in [-0.3, -0.25) is 10.1 Å². The van der Waals surface area contributed by atoms with Gasteiger partial charge < -0.3 is 11.1 Å². The van der Waals surface area contributed by atoms with Gasteiger partial charge in [-0.1, -0.05) is 13.0 Å². The van der Waals surface area contributed by atoms with Gasteiger partial charge in [0, 0.05) is 18.3 Å². The van der Waals surface area contributed by atoms with Crippen LogP contribution in [0, 0.1) is 0 Å². The van der Waals surface area contributed by atoms with Gasteiger partial charge in [0.15, 0.2) is 0 Å². The maximum absolute atomic E-state index is 11.2. The van der Waals surface area contributed by atoms with Gasteiger partial charge >= 0.3 is 6.03 Å². The number of urea groups is 1. The van der Waals surface area contributed by atoms with E-state index >= 15 is 0 Å². The monoisotopic (exact) mass is 231 g/mol. The molecule has 0 aromatic rings. The van der Waals surface area contributed by atoms with E-state index in [0.717, 1.165) is 0 Å². The summed E-state index contributed by atoms with van der Waals surface area (Å²) >= 11 is 1.41. The van der Waals surface area contributed by atoms with Crippen molar-refractivity contribution in [2.24, 2.45) is 5.73 Å². The van der Waals surface area contributed by atoms with Gasteiger partial charge in [-0.15, -0.1) is 18.3 Å². The van der Waals surface area contributed by atoms with Gasteiger partial charge in [0.1, 0.15) is 0 Å². The lowest BCUT2D eigenvalue weighted by atomic mass is 10.5. The number of imide groups is 1. The minimum absolute atomic E-state index is 0.215. The van der Waals surface area contributed by atoms with Gasteiger partial charge in [-0.05, 0) is 0 Å². The summed E-state index contributed by atoms with van der Waals surface area (Å²) in [4.78, 5) is 22.2. The molecule has 0 fully saturated rings. The minimum Gasteiger partial charge on any atom is -0.334 e. The number of thioether (sulfide) groups is 1. The average molecular weight is 231 g/mol. The minimum atomic E-state index is -0.499. The Kier molecular flexibility index (Phi) is 7.75. The van der Waals surface area contributed by atoms with Gasteiger partial charge in [-0.2, -0.15) is 0 Å². The number of rotatable bonds is 6. The Bertz CT molecular complexity index is 233. The molecule has 0 aliphatic rings. The normalized spacial score (nSPS) is 11.6. The van der Waals surface area contributed by atoms with E-state index in [1.165, 1.54) is 17.8 Å². The smallest absolute Gasteiger partial charge is 0.321 e. The van der Waals surface area contributed by atoms with Crippen molar-refractivity contribution in [3.63, 3.8) is 0 Å². The molecular weight excluding hydrogens is 214 g/mol. The summed E-state index contributed by atoms with van der Waals surface area (Å²) < 4.78 is 0. The Morgan fingerprint density at radius 3 is 2.80 bits per heavy atom. The fourth-order valence-electron chi connectivity index (χ4n) is 0.658. The van der Waals surface area contributed by atoms with Crippen LogP contribution in [-0.4, -0.2) is 36.0 Å². The molecule has 0 aliphatic heterocycles. The van der Waals surface area contributed by atoms with Crippen LogP contribution in [-0.2, 0) is 4.79 Å². The number of hydrogen-bond acceptors (Lipinski definition) is 4. The molecule has 1 unspecified atom stereocenters. The molecule has 1 atom stereocenters. The third-order valence-corrected chi connectivity index (χ3v) is 2.68. The van der Waals surface area contributed by atoms with Crippen molar-refractivity contribution in [2.75, 3.05) is 18.8 Å². The number of nitrogens with two attached hydrogens (primary N) is 1. The molecule has 86 valence electrons. The topological polar surface area (TPSA) is 84.2 Å². The molecule has 0 aromatic carbocycles. The molecule has 3 amide bonds. The lowest BCUT2D eigenvalue weighted by Crippen LogP contribution is -2.40. The molecule has 0 spiro atoms. The number of carbonyl (C=O) groups excluding carboxylic acids is 2. The van der Waals surface area contributed by atoms with Crippen LogP contribution in [0.1, 0.15) is 6.92 Å². The third-order valence-electron chi connectivity index (χ3n) is 1.49. The summed E-state index contributed by atoms with van der Waals surface area (Å²) in [6.07, 6.45) is 1.54. The molecule has 0 saturated heterocycles. The summed E-state index contributed by atoms with van der Waals surface area (Å²) in [7, 11) is 0. The Morgan fingerprint density at radius 1 is 1.60 bits per heavy atom. The van der Waals surface area contributed by atoms with Crippen molar-refractivity contribution in [1.29, 1.82) is 0 Å². The third kappa shape index (κ3) is 8.02. The standard InChI is InChI=1S/C9H17N3O2S/c1-3-4-11-9(14)12-8(13)6-15-7(2)5-10/h3,7H,1,4-6,10H2,2H3,(H2,11,12,13,14). The number of carbonyl (C=O) groups is 2. The van der Waals surface area contributed by atoms with E-state index in [1.54, 1.807) is 0 Å². The summed E-state index contributed by atoms with van der Waals surface area (Å²) in [6.45, 7) is 6.22. The van der Waals surface area contributed by atoms with Crippen LogP contribution in [0.5, 0.6) is 0 Å². The van der Waals surface area contributed by atoms with Crippen LogP contribution >= 0.6 is 11.8 Å². The van der Waals surface area contributed by atoms with Crippen molar-refractivity contribution in [1.82, 2.24) is 10.6 Å². The van der Waals surface area contributed by atoms with Crippen LogP contribution in [0.25, 0.3) is 0 Å². The van der Waals surface area contributed by atoms with Crippen LogP contribution in [0.4, 0.5) is 4.79 Å². The summed E-state index contributed by atoms with van der Waals surface area (Å²) in [5.41, 5.74) is 5.38. The zero-order valence-electron chi connectivity index (χ0n) is 8.79. The SMILES string of the molecule is C=CCNC(=O)NC(=O)CSC(C)CN. The van der Waals surface area contributed by atoms with Gasteiger partial charge in [0.25, 0.3) is 0 Å². The molecule has 0 saturated carbocycles. The highest BCUT2D eigenvalue weighted by molar-refractivity contribution is 8.00. The maximum Gasteiger partial charge on any atom is 0.321 e. The second-order valence-corrected chi connectivity index (χ2v) is 4.33. The molecule has 4 N–H and O–H groups in total. The molecular formula is C9H17N3O2S.